The van der Waals surface area contributed by atoms with Crippen molar-refractivity contribution in [3.05, 3.63) is 94.0 Å². The summed E-state index contributed by atoms with van der Waals surface area (Å²) in [5, 5.41) is 10.8. The number of nitrogens with one attached hydrogen (secondary N) is 1. The highest BCUT2D eigenvalue weighted by molar-refractivity contribution is 9.10. The molecule has 6 nitrogen and oxygen atoms in total. The molecule has 1 aromatic heterocycles. The summed E-state index contributed by atoms with van der Waals surface area (Å²) in [6.45, 7) is 5.63. The van der Waals surface area contributed by atoms with E-state index in [-0.39, 0.29) is 30.1 Å². The number of aromatic nitrogens is 1. The first-order chi connectivity index (χ1) is 20.6. The summed E-state index contributed by atoms with van der Waals surface area (Å²) in [7, 11) is 0. The second kappa shape index (κ2) is 15.5. The monoisotopic (exact) mass is 658 g/mol. The molecule has 0 spiro atoms. The Morgan fingerprint density at radius 2 is 1.65 bits per heavy atom. The van der Waals surface area contributed by atoms with Gasteiger partial charge < -0.3 is 15.2 Å². The van der Waals surface area contributed by atoms with Crippen LogP contribution < -0.4 is 10.1 Å². The highest BCUT2D eigenvalue weighted by atomic mass is 79.9. The second-order valence-electron chi connectivity index (χ2n) is 9.65. The molecule has 1 aliphatic rings. The zero-order valence-electron chi connectivity index (χ0n) is 24.1. The molecule has 0 radical (unpaired) electrons. The lowest BCUT2D eigenvalue weighted by Crippen LogP contribution is -2.41. The molecular weight excluding hydrogens is 625 g/mol. The van der Waals surface area contributed by atoms with Crippen molar-refractivity contribution < 1.29 is 32.6 Å². The van der Waals surface area contributed by atoms with Gasteiger partial charge in [-0.05, 0) is 55.2 Å². The smallest absolute Gasteiger partial charge is 0.483 e. The number of carbonyl (C=O) groups excluding carboxylic acids is 1. The van der Waals surface area contributed by atoms with Crippen molar-refractivity contribution in [2.75, 3.05) is 0 Å². The van der Waals surface area contributed by atoms with Gasteiger partial charge in [-0.15, -0.1) is 13.2 Å². The number of pyridine rings is 1. The largest absolute Gasteiger partial charge is 0.573 e. The number of nitrogens with zero attached hydrogens (tertiary/aromatic N) is 1. The van der Waals surface area contributed by atoms with Crippen LogP contribution in [0.15, 0.2) is 77.3 Å². The van der Waals surface area contributed by atoms with Crippen LogP contribution in [0, 0.1) is 6.92 Å². The Labute approximate surface area is 257 Å². The first kappa shape index (κ1) is 33.6. The fraction of sp³-hybridized carbons (Fsp3) is 0.303. The molecule has 2 atom stereocenters. The molecule has 1 heterocycles. The van der Waals surface area contributed by atoms with Gasteiger partial charge in [-0.1, -0.05) is 91.1 Å². The van der Waals surface area contributed by atoms with E-state index in [0.29, 0.717) is 34.9 Å². The molecule has 0 bridgehead atoms. The predicted molar refractivity (Wildman–Crippen MR) is 165 cm³/mol. The van der Waals surface area contributed by atoms with Crippen molar-refractivity contribution in [2.45, 2.75) is 64.8 Å². The standard InChI is InChI=1S/C30H26BrF3N2O2.C2H6.CH2O2/c1-18-27(23-17-20(31)15-16-25(23)35-28(18)19-9-3-2-4-10-19)29(37)36-24-13-7-5-11-21(24)22-12-6-8-14-26(22)38-30(32,33)34;1-2;2-1-3/h2-4,6,8-10,12,14-17,21,24H,5,7,11,13H2,1H3,(H,36,37);1-2H3;1H,(H,2,3). The number of hydrogen-bond donors (Lipinski definition) is 2. The molecule has 0 saturated heterocycles. The highest BCUT2D eigenvalue weighted by Crippen LogP contribution is 2.40. The lowest BCUT2D eigenvalue weighted by atomic mass is 9.79. The summed E-state index contributed by atoms with van der Waals surface area (Å²) in [4.78, 5) is 27.2. The molecule has 1 aliphatic carbocycles. The van der Waals surface area contributed by atoms with Crippen molar-refractivity contribution in [1.29, 1.82) is 0 Å². The average Bonchev–Trinajstić information content (AvgIpc) is 2.98. The summed E-state index contributed by atoms with van der Waals surface area (Å²) in [5.41, 5.74) is 4.02. The van der Waals surface area contributed by atoms with Gasteiger partial charge in [0, 0.05) is 27.4 Å². The second-order valence-corrected chi connectivity index (χ2v) is 10.6. The molecule has 1 saturated carbocycles. The van der Waals surface area contributed by atoms with Crippen LogP contribution in [0.1, 0.15) is 66.9 Å². The van der Waals surface area contributed by atoms with Crippen LogP contribution in [0.5, 0.6) is 5.75 Å². The van der Waals surface area contributed by atoms with E-state index in [0.717, 1.165) is 34.1 Å². The minimum absolute atomic E-state index is 0.216. The Kier molecular flexibility index (Phi) is 12.1. The summed E-state index contributed by atoms with van der Waals surface area (Å²) < 4.78 is 44.5. The molecule has 0 aliphatic heterocycles. The fourth-order valence-corrected chi connectivity index (χ4v) is 5.78. The number of benzene rings is 3. The molecule has 2 N–H and O–H groups in total. The zero-order valence-corrected chi connectivity index (χ0v) is 25.7. The first-order valence-electron chi connectivity index (χ1n) is 14.0. The summed E-state index contributed by atoms with van der Waals surface area (Å²) in [5.74, 6) is -0.789. The van der Waals surface area contributed by atoms with Gasteiger partial charge in [0.25, 0.3) is 12.4 Å². The van der Waals surface area contributed by atoms with Crippen LogP contribution in [0.4, 0.5) is 13.2 Å². The minimum atomic E-state index is -4.79. The number of ether oxygens (including phenoxy) is 1. The Hall–Kier alpha value is -3.92. The SMILES string of the molecule is CC.Cc1c(-c2ccccc2)nc2ccc(Br)cc2c1C(=O)NC1CCCCC1c1ccccc1OC(F)(F)F.O=CO. The van der Waals surface area contributed by atoms with E-state index >= 15 is 0 Å². The molecular formula is C33H34BrF3N2O4. The van der Waals surface area contributed by atoms with E-state index in [1.165, 1.54) is 12.1 Å². The summed E-state index contributed by atoms with van der Waals surface area (Å²) >= 11 is 3.51. The van der Waals surface area contributed by atoms with Gasteiger partial charge in [-0.2, -0.15) is 0 Å². The third-order valence-corrected chi connectivity index (χ3v) is 7.58. The number of alkyl halides is 3. The minimum Gasteiger partial charge on any atom is -0.483 e. The van der Waals surface area contributed by atoms with Crippen molar-refractivity contribution in [3.63, 3.8) is 0 Å². The van der Waals surface area contributed by atoms with Crippen LogP contribution >= 0.6 is 15.9 Å². The number of fused-ring (bicyclic) bond motifs is 1. The third-order valence-electron chi connectivity index (χ3n) is 7.09. The van der Waals surface area contributed by atoms with E-state index in [1.807, 2.05) is 69.3 Å². The number of carbonyl (C=O) groups is 2. The van der Waals surface area contributed by atoms with Crippen molar-refractivity contribution in [1.82, 2.24) is 10.3 Å². The highest BCUT2D eigenvalue weighted by Gasteiger charge is 2.36. The van der Waals surface area contributed by atoms with Crippen molar-refractivity contribution in [2.24, 2.45) is 0 Å². The Morgan fingerprint density at radius 1 is 1.02 bits per heavy atom. The number of halogens is 4. The van der Waals surface area contributed by atoms with Crippen LogP contribution in [0.3, 0.4) is 0 Å². The summed E-state index contributed by atoms with van der Waals surface area (Å²) in [6, 6.07) is 21.2. The molecule has 1 fully saturated rings. The van der Waals surface area contributed by atoms with Crippen LogP contribution in [0.2, 0.25) is 0 Å². The van der Waals surface area contributed by atoms with Gasteiger partial charge in [-0.3, -0.25) is 9.59 Å². The van der Waals surface area contributed by atoms with Gasteiger partial charge in [0.2, 0.25) is 0 Å². The third kappa shape index (κ3) is 8.56. The van der Waals surface area contributed by atoms with Gasteiger partial charge in [0.15, 0.2) is 0 Å². The maximum atomic E-state index is 14.0. The van der Waals surface area contributed by atoms with Crippen LogP contribution in [-0.4, -0.2) is 34.9 Å². The van der Waals surface area contributed by atoms with Gasteiger partial charge in [-0.25, -0.2) is 4.98 Å². The normalized spacial score (nSPS) is 16.2. The number of para-hydroxylation sites is 1. The topological polar surface area (TPSA) is 88.5 Å². The van der Waals surface area contributed by atoms with Gasteiger partial charge >= 0.3 is 6.36 Å². The van der Waals surface area contributed by atoms with Crippen LogP contribution in [-0.2, 0) is 4.79 Å². The Morgan fingerprint density at radius 3 is 2.33 bits per heavy atom. The van der Waals surface area contributed by atoms with E-state index in [2.05, 4.69) is 26.0 Å². The molecule has 5 rings (SSSR count). The van der Waals surface area contributed by atoms with E-state index in [9.17, 15) is 18.0 Å². The Bertz CT molecular complexity index is 1530. The predicted octanol–water partition coefficient (Wildman–Crippen LogP) is 9.05. The van der Waals surface area contributed by atoms with Gasteiger partial charge in [0.1, 0.15) is 5.75 Å². The average molecular weight is 660 g/mol. The molecule has 4 aromatic rings. The number of carboxylic acid groups (broad SMARTS) is 1. The number of hydrogen-bond acceptors (Lipinski definition) is 4. The number of amides is 1. The lowest BCUT2D eigenvalue weighted by Gasteiger charge is -2.34. The van der Waals surface area contributed by atoms with E-state index < -0.39 is 6.36 Å². The lowest BCUT2D eigenvalue weighted by molar-refractivity contribution is -0.275. The zero-order chi connectivity index (χ0) is 31.6. The fourth-order valence-electron chi connectivity index (χ4n) is 5.42. The Balaban J connectivity index is 0.000000953. The molecule has 10 heteroatoms. The first-order valence-corrected chi connectivity index (χ1v) is 14.8. The molecule has 3 aromatic carbocycles. The maximum absolute atomic E-state index is 14.0. The van der Waals surface area contributed by atoms with Crippen molar-refractivity contribution >= 4 is 39.2 Å². The molecule has 43 heavy (non-hydrogen) atoms. The van der Waals surface area contributed by atoms with E-state index in [4.69, 9.17) is 14.9 Å². The van der Waals surface area contributed by atoms with E-state index in [1.54, 1.807) is 12.1 Å². The summed E-state index contributed by atoms with van der Waals surface area (Å²) in [6.07, 6.45) is -1.74. The van der Waals surface area contributed by atoms with Crippen molar-refractivity contribution in [3.8, 4) is 17.0 Å². The van der Waals surface area contributed by atoms with Crippen LogP contribution in [0.25, 0.3) is 22.2 Å². The maximum Gasteiger partial charge on any atom is 0.573 e. The molecule has 228 valence electrons. The quantitative estimate of drug-likeness (QED) is 0.209. The van der Waals surface area contributed by atoms with Gasteiger partial charge in [0.05, 0.1) is 16.8 Å². The molecule has 1 amide bonds. The molecule has 2 unspecified atom stereocenters. The number of rotatable bonds is 5.